The monoisotopic (exact) mass is 778 g/mol. The molecular weight excluding hydrogens is 749 g/mol. The van der Waals surface area contributed by atoms with E-state index in [2.05, 4.69) is 19.9 Å². The van der Waals surface area contributed by atoms with Crippen LogP contribution in [0.1, 0.15) is 10.5 Å². The van der Waals surface area contributed by atoms with Gasteiger partial charge < -0.3 is 14.9 Å². The first-order chi connectivity index (χ1) is 28.1. The van der Waals surface area contributed by atoms with Crippen LogP contribution in [-0.4, -0.2) is 83.9 Å². The molecular formula is C44H30F4N8O2. The Morgan fingerprint density at radius 2 is 1.05 bits per heavy atom. The third-order valence-corrected chi connectivity index (χ3v) is 10.1. The second-order valence-corrected chi connectivity index (χ2v) is 13.9. The molecule has 5 heterocycles. The molecule has 286 valence electrons. The zero-order valence-corrected chi connectivity index (χ0v) is 30.7. The highest BCUT2D eigenvalue weighted by Gasteiger charge is 2.24. The van der Waals surface area contributed by atoms with E-state index in [1.807, 2.05) is 7.05 Å². The van der Waals surface area contributed by atoms with Crippen LogP contribution in [0.5, 0.6) is 5.88 Å². The molecule has 1 aliphatic rings. The fourth-order valence-electron chi connectivity index (χ4n) is 6.96. The largest absolute Gasteiger partial charge is 0.493 e. The van der Waals surface area contributed by atoms with Gasteiger partial charge in [0.15, 0.2) is 5.65 Å². The lowest BCUT2D eigenvalue weighted by molar-refractivity contribution is 0.0658. The van der Waals surface area contributed by atoms with Gasteiger partial charge in [-0.25, -0.2) is 42.5 Å². The molecule has 10 nitrogen and oxygen atoms in total. The number of aromatic nitrogens is 6. The Morgan fingerprint density at radius 1 is 0.552 bits per heavy atom. The van der Waals surface area contributed by atoms with E-state index in [0.717, 1.165) is 13.1 Å². The molecule has 1 fully saturated rings. The van der Waals surface area contributed by atoms with Crippen molar-refractivity contribution >= 4 is 28.1 Å². The van der Waals surface area contributed by atoms with Gasteiger partial charge in [-0.2, -0.15) is 4.98 Å². The summed E-state index contributed by atoms with van der Waals surface area (Å²) in [6, 6.07) is 23.9. The van der Waals surface area contributed by atoms with Gasteiger partial charge >= 0.3 is 0 Å². The quantitative estimate of drug-likeness (QED) is 0.166. The van der Waals surface area contributed by atoms with Gasteiger partial charge in [0.1, 0.15) is 40.0 Å². The molecule has 0 radical (unpaired) electrons. The molecule has 4 aromatic heterocycles. The lowest BCUT2D eigenvalue weighted by Crippen LogP contribution is -2.47. The number of hydrogen-bond acceptors (Lipinski definition) is 9. The molecule has 0 unspecified atom stereocenters. The summed E-state index contributed by atoms with van der Waals surface area (Å²) < 4.78 is 59.9. The molecule has 0 spiro atoms. The smallest absolute Gasteiger partial charge is 0.272 e. The van der Waals surface area contributed by atoms with Gasteiger partial charge in [0.05, 0.1) is 34.5 Å². The van der Waals surface area contributed by atoms with Crippen molar-refractivity contribution < 1.29 is 27.5 Å². The van der Waals surface area contributed by atoms with Crippen molar-refractivity contribution in [2.24, 2.45) is 0 Å². The first kappa shape index (κ1) is 36.4. The molecule has 1 amide bonds. The zero-order valence-electron chi connectivity index (χ0n) is 30.7. The van der Waals surface area contributed by atoms with Crippen LogP contribution in [0.2, 0.25) is 0 Å². The van der Waals surface area contributed by atoms with E-state index < -0.39 is 23.3 Å². The normalized spacial score (nSPS) is 13.4. The van der Waals surface area contributed by atoms with Crippen LogP contribution in [0.3, 0.4) is 0 Å². The average molecular weight is 779 g/mol. The molecule has 58 heavy (non-hydrogen) atoms. The average Bonchev–Trinajstić information content (AvgIpc) is 3.23. The summed E-state index contributed by atoms with van der Waals surface area (Å²) in [6.45, 7) is 2.60. The van der Waals surface area contributed by atoms with Crippen molar-refractivity contribution in [2.45, 2.75) is 0 Å². The molecule has 8 aromatic rings. The summed E-state index contributed by atoms with van der Waals surface area (Å²) >= 11 is 0. The van der Waals surface area contributed by atoms with E-state index in [1.54, 1.807) is 11.0 Å². The first-order valence-corrected chi connectivity index (χ1v) is 18.2. The maximum absolute atomic E-state index is 15.9. The standard InChI is InChI=1S/C44H30F4N8O2/c1-55-16-18-56(19-17-55)44(58)36-22-35-37(23-49-36)52-41(39(51-35)24-2-8-28(45)9-3-24)26-6-12-32(47)30(20-26)31-21-27(7-13-33(31)48)42-40(25-4-10-29(46)11-5-25)50-34-14-15-38(57)53-43(34)54-42/h2-15,20-23H,16-19H2,1H3,(H,53,54,57). The van der Waals surface area contributed by atoms with Gasteiger partial charge in [-0.05, 0) is 104 Å². The predicted octanol–water partition coefficient (Wildman–Crippen LogP) is 8.35. The second kappa shape index (κ2) is 14.7. The molecule has 1 saturated heterocycles. The number of rotatable bonds is 6. The molecule has 4 aromatic carbocycles. The Bertz CT molecular complexity index is 2900. The topological polar surface area (TPSA) is 121 Å². The number of carbonyl (C=O) groups excluding carboxylic acids is 1. The van der Waals surface area contributed by atoms with Crippen molar-refractivity contribution in [1.82, 2.24) is 39.7 Å². The number of nitrogens with zero attached hydrogens (tertiary/aromatic N) is 8. The molecule has 0 bridgehead atoms. The number of amides is 1. The third kappa shape index (κ3) is 6.94. The third-order valence-electron chi connectivity index (χ3n) is 10.1. The molecule has 9 rings (SSSR count). The molecule has 1 aliphatic heterocycles. The highest BCUT2D eigenvalue weighted by molar-refractivity contribution is 5.96. The van der Waals surface area contributed by atoms with Crippen LogP contribution in [-0.2, 0) is 0 Å². The van der Waals surface area contributed by atoms with Crippen LogP contribution >= 0.6 is 0 Å². The lowest BCUT2D eigenvalue weighted by Gasteiger charge is -2.32. The van der Waals surface area contributed by atoms with Crippen LogP contribution in [0.25, 0.3) is 78.4 Å². The van der Waals surface area contributed by atoms with Gasteiger partial charge in [-0.1, -0.05) is 0 Å². The van der Waals surface area contributed by atoms with Gasteiger partial charge in [-0.15, -0.1) is 0 Å². The van der Waals surface area contributed by atoms with E-state index in [4.69, 9.17) is 15.0 Å². The summed E-state index contributed by atoms with van der Waals surface area (Å²) in [6.07, 6.45) is 1.45. The maximum Gasteiger partial charge on any atom is 0.272 e. The molecule has 0 saturated carbocycles. The summed E-state index contributed by atoms with van der Waals surface area (Å²) in [5.41, 5.74) is 4.00. The zero-order chi connectivity index (χ0) is 40.1. The molecule has 14 heteroatoms. The van der Waals surface area contributed by atoms with Crippen LogP contribution < -0.4 is 0 Å². The van der Waals surface area contributed by atoms with Crippen LogP contribution in [0.4, 0.5) is 17.6 Å². The number of halogens is 4. The number of fused-ring (bicyclic) bond motifs is 2. The lowest BCUT2D eigenvalue weighted by atomic mass is 9.95. The van der Waals surface area contributed by atoms with Gasteiger partial charge in [0.25, 0.3) is 5.91 Å². The van der Waals surface area contributed by atoms with Crippen LogP contribution in [0, 0.1) is 23.3 Å². The Morgan fingerprint density at radius 3 is 1.64 bits per heavy atom. The fraction of sp³-hybridized carbons (Fsp3) is 0.114. The molecule has 0 aliphatic carbocycles. The van der Waals surface area contributed by atoms with E-state index in [0.29, 0.717) is 63.3 Å². The van der Waals surface area contributed by atoms with Gasteiger partial charge in [0.2, 0.25) is 5.88 Å². The SMILES string of the molecule is CN1CCN(C(=O)c2cc3nc(-c4ccc(F)cc4)c(-c4ccc(F)c(-c5cc(-c6nc7nc(O)ccc7nc6-c6ccc(F)cc6)ccc5F)c4)nc3cn2)CC1. The number of likely N-dealkylation sites (N-methyl/N-ethyl adjacent to an activating group) is 1. The van der Waals surface area contributed by atoms with E-state index in [9.17, 15) is 18.7 Å². The number of pyridine rings is 2. The number of piperazine rings is 1. The Hall–Kier alpha value is -7.19. The molecule has 1 N–H and O–H groups in total. The van der Waals surface area contributed by atoms with Crippen LogP contribution in [0.15, 0.2) is 109 Å². The van der Waals surface area contributed by atoms with Crippen molar-refractivity contribution in [1.29, 1.82) is 0 Å². The minimum atomic E-state index is -0.738. The molecule has 0 atom stereocenters. The highest BCUT2D eigenvalue weighted by atomic mass is 19.1. The minimum absolute atomic E-state index is 0.105. The second-order valence-electron chi connectivity index (χ2n) is 13.9. The summed E-state index contributed by atoms with van der Waals surface area (Å²) in [5, 5.41) is 10.1. The van der Waals surface area contributed by atoms with E-state index in [1.165, 1.54) is 103 Å². The van der Waals surface area contributed by atoms with Crippen molar-refractivity contribution in [3.63, 3.8) is 0 Å². The van der Waals surface area contributed by atoms with Crippen molar-refractivity contribution in [3.05, 3.63) is 138 Å². The summed E-state index contributed by atoms with van der Waals surface area (Å²) in [5.74, 6) is -2.91. The number of carbonyl (C=O) groups is 1. The van der Waals surface area contributed by atoms with Crippen molar-refractivity contribution in [3.8, 4) is 62.0 Å². The number of hydrogen-bond donors (Lipinski definition) is 1. The highest BCUT2D eigenvalue weighted by Crippen LogP contribution is 2.38. The Kier molecular flexibility index (Phi) is 9.25. The number of benzene rings is 4. The Labute approximate surface area is 328 Å². The summed E-state index contributed by atoms with van der Waals surface area (Å²) in [4.78, 5) is 44.9. The van der Waals surface area contributed by atoms with Gasteiger partial charge in [-0.3, -0.25) is 4.79 Å². The minimum Gasteiger partial charge on any atom is -0.493 e. The van der Waals surface area contributed by atoms with Crippen molar-refractivity contribution in [2.75, 3.05) is 33.2 Å². The maximum atomic E-state index is 15.9. The number of aromatic hydroxyl groups is 1. The Balaban J connectivity index is 1.17. The fourth-order valence-corrected chi connectivity index (χ4v) is 6.96. The van der Waals surface area contributed by atoms with Gasteiger partial charge in [0, 0.05) is 65.6 Å². The summed E-state index contributed by atoms with van der Waals surface area (Å²) in [7, 11) is 2.00. The van der Waals surface area contributed by atoms with E-state index in [-0.39, 0.29) is 45.6 Å². The predicted molar refractivity (Wildman–Crippen MR) is 210 cm³/mol. The van der Waals surface area contributed by atoms with E-state index >= 15 is 8.78 Å². The first-order valence-electron chi connectivity index (χ1n) is 18.2.